The third-order valence-corrected chi connectivity index (χ3v) is 4.55. The average molecular weight is 286 g/mol. The van der Waals surface area contributed by atoms with Crippen LogP contribution in [0.25, 0.3) is 0 Å². The highest BCUT2D eigenvalue weighted by Crippen LogP contribution is 2.47. The van der Waals surface area contributed by atoms with E-state index < -0.39 is 11.2 Å². The largest absolute Gasteiger partial charge is 0.274 e. The molecular formula is C16H15FN2O2. The summed E-state index contributed by atoms with van der Waals surface area (Å²) in [7, 11) is 0. The van der Waals surface area contributed by atoms with Crippen molar-refractivity contribution in [1.29, 1.82) is 5.26 Å². The van der Waals surface area contributed by atoms with Crippen molar-refractivity contribution in [3.63, 3.8) is 0 Å². The zero-order valence-corrected chi connectivity index (χ0v) is 11.6. The molecule has 1 saturated heterocycles. The Labute approximate surface area is 122 Å². The smallest absolute Gasteiger partial charge is 0.240 e. The van der Waals surface area contributed by atoms with Gasteiger partial charge in [-0.25, -0.2) is 9.29 Å². The van der Waals surface area contributed by atoms with E-state index in [1.54, 1.807) is 6.07 Å². The Morgan fingerprint density at radius 3 is 2.57 bits per heavy atom. The summed E-state index contributed by atoms with van der Waals surface area (Å²) in [6.45, 7) is 0. The third-order valence-electron chi connectivity index (χ3n) is 4.55. The molecular weight excluding hydrogens is 271 g/mol. The van der Waals surface area contributed by atoms with Crippen LogP contribution < -0.4 is 4.90 Å². The zero-order chi connectivity index (χ0) is 15.0. The molecule has 0 unspecified atom stereocenters. The fraction of sp³-hybridized carbons (Fsp3) is 0.438. The lowest BCUT2D eigenvalue weighted by Crippen LogP contribution is -2.37. The van der Waals surface area contributed by atoms with E-state index in [1.807, 2.05) is 0 Å². The third kappa shape index (κ3) is 2.02. The summed E-state index contributed by atoms with van der Waals surface area (Å²) in [5, 5.41) is 9.09. The van der Waals surface area contributed by atoms with Gasteiger partial charge in [0, 0.05) is 6.42 Å². The van der Waals surface area contributed by atoms with Crippen molar-refractivity contribution in [2.24, 2.45) is 5.41 Å². The van der Waals surface area contributed by atoms with Gasteiger partial charge in [0.25, 0.3) is 0 Å². The maximum absolute atomic E-state index is 13.7. The van der Waals surface area contributed by atoms with Crippen LogP contribution in [0.15, 0.2) is 18.2 Å². The summed E-state index contributed by atoms with van der Waals surface area (Å²) < 4.78 is 13.7. The fourth-order valence-electron chi connectivity index (χ4n) is 3.47. The Hall–Kier alpha value is -2.22. The Morgan fingerprint density at radius 2 is 1.90 bits per heavy atom. The van der Waals surface area contributed by atoms with E-state index in [0.717, 1.165) is 30.2 Å². The van der Waals surface area contributed by atoms with E-state index in [2.05, 4.69) is 0 Å². The maximum Gasteiger partial charge on any atom is 0.240 e. The van der Waals surface area contributed by atoms with Crippen molar-refractivity contribution >= 4 is 17.5 Å². The molecule has 21 heavy (non-hydrogen) atoms. The predicted molar refractivity (Wildman–Crippen MR) is 73.7 cm³/mol. The summed E-state index contributed by atoms with van der Waals surface area (Å²) in [5.74, 6) is -1.31. The SMILES string of the molecule is N#Cc1c(F)cccc1N1C(=O)CC2(CCCCC2)C1=O. The first-order valence-electron chi connectivity index (χ1n) is 7.15. The number of carbonyl (C=O) groups excluding carboxylic acids is 2. The van der Waals surface area contributed by atoms with E-state index in [-0.39, 0.29) is 29.5 Å². The summed E-state index contributed by atoms with van der Waals surface area (Å²) in [4.78, 5) is 26.1. The van der Waals surface area contributed by atoms with Crippen LogP contribution in [0.1, 0.15) is 44.1 Å². The van der Waals surface area contributed by atoms with Gasteiger partial charge in [-0.3, -0.25) is 9.59 Å². The molecule has 0 bridgehead atoms. The van der Waals surface area contributed by atoms with E-state index in [1.165, 1.54) is 12.1 Å². The van der Waals surface area contributed by atoms with Crippen molar-refractivity contribution in [3.8, 4) is 6.07 Å². The molecule has 1 heterocycles. The highest BCUT2D eigenvalue weighted by molar-refractivity contribution is 6.23. The molecule has 0 aromatic heterocycles. The molecule has 1 saturated carbocycles. The summed E-state index contributed by atoms with van der Waals surface area (Å²) >= 11 is 0. The Kier molecular flexibility index (Phi) is 3.25. The summed E-state index contributed by atoms with van der Waals surface area (Å²) in [6, 6.07) is 5.78. The van der Waals surface area contributed by atoms with Crippen LogP contribution >= 0.6 is 0 Å². The van der Waals surface area contributed by atoms with Gasteiger partial charge in [-0.15, -0.1) is 0 Å². The number of anilines is 1. The second kappa shape index (κ2) is 4.96. The minimum Gasteiger partial charge on any atom is -0.274 e. The van der Waals surface area contributed by atoms with E-state index in [0.29, 0.717) is 12.8 Å². The fourth-order valence-corrected chi connectivity index (χ4v) is 3.47. The monoisotopic (exact) mass is 286 g/mol. The van der Waals surface area contributed by atoms with Gasteiger partial charge in [0.2, 0.25) is 11.8 Å². The van der Waals surface area contributed by atoms with Crippen LogP contribution in [0, 0.1) is 22.6 Å². The van der Waals surface area contributed by atoms with Crippen molar-refractivity contribution in [3.05, 3.63) is 29.6 Å². The quantitative estimate of drug-likeness (QED) is 0.746. The van der Waals surface area contributed by atoms with Gasteiger partial charge >= 0.3 is 0 Å². The molecule has 2 aliphatic rings. The van der Waals surface area contributed by atoms with E-state index >= 15 is 0 Å². The van der Waals surface area contributed by atoms with Crippen molar-refractivity contribution in [2.75, 3.05) is 4.90 Å². The molecule has 4 nitrogen and oxygen atoms in total. The van der Waals surface area contributed by atoms with E-state index in [9.17, 15) is 14.0 Å². The molecule has 0 atom stereocenters. The molecule has 2 fully saturated rings. The van der Waals surface area contributed by atoms with Crippen molar-refractivity contribution in [1.82, 2.24) is 0 Å². The van der Waals surface area contributed by atoms with Gasteiger partial charge < -0.3 is 0 Å². The topological polar surface area (TPSA) is 61.2 Å². The Bertz CT molecular complexity index is 657. The maximum atomic E-state index is 13.7. The molecule has 108 valence electrons. The number of carbonyl (C=O) groups is 2. The molecule has 3 rings (SSSR count). The number of rotatable bonds is 1. The van der Waals surface area contributed by atoms with Gasteiger partial charge in [0.15, 0.2) is 0 Å². The van der Waals surface area contributed by atoms with Crippen LogP contribution in [0.2, 0.25) is 0 Å². The molecule has 1 aliphatic heterocycles. The van der Waals surface area contributed by atoms with Crippen LogP contribution in [-0.2, 0) is 9.59 Å². The number of hydrogen-bond acceptors (Lipinski definition) is 3. The van der Waals surface area contributed by atoms with Crippen LogP contribution in [0.3, 0.4) is 0 Å². The number of hydrogen-bond donors (Lipinski definition) is 0. The normalized spacial score (nSPS) is 20.9. The van der Waals surface area contributed by atoms with Crippen molar-refractivity contribution < 1.29 is 14.0 Å². The number of benzene rings is 1. The lowest BCUT2D eigenvalue weighted by molar-refractivity contribution is -0.127. The molecule has 2 amide bonds. The number of nitriles is 1. The lowest BCUT2D eigenvalue weighted by atomic mass is 9.73. The Balaban J connectivity index is 2.04. The Morgan fingerprint density at radius 1 is 1.19 bits per heavy atom. The van der Waals surface area contributed by atoms with Gasteiger partial charge in [-0.1, -0.05) is 25.3 Å². The van der Waals surface area contributed by atoms with Gasteiger partial charge in [-0.2, -0.15) is 5.26 Å². The predicted octanol–water partition coefficient (Wildman–Crippen LogP) is 2.91. The molecule has 1 spiro atoms. The highest BCUT2D eigenvalue weighted by Gasteiger charge is 2.52. The van der Waals surface area contributed by atoms with Crippen LogP contribution in [0.4, 0.5) is 10.1 Å². The number of halogens is 1. The van der Waals surface area contributed by atoms with Gasteiger partial charge in [0.1, 0.15) is 17.4 Å². The molecule has 1 aromatic rings. The second-order valence-electron chi connectivity index (χ2n) is 5.80. The van der Waals surface area contributed by atoms with Gasteiger partial charge in [-0.05, 0) is 25.0 Å². The highest BCUT2D eigenvalue weighted by atomic mass is 19.1. The molecule has 0 N–H and O–H groups in total. The summed E-state index contributed by atoms with van der Waals surface area (Å²) in [5.41, 5.74) is -0.795. The van der Waals surface area contributed by atoms with Gasteiger partial charge in [0.05, 0.1) is 11.1 Å². The number of nitrogens with zero attached hydrogens (tertiary/aromatic N) is 2. The standard InChI is InChI=1S/C16H15FN2O2/c17-12-5-4-6-13(11(12)10-18)19-14(20)9-16(15(19)21)7-2-1-3-8-16/h4-6H,1-3,7-9H2. The minimum absolute atomic E-state index is 0.0787. The molecule has 5 heteroatoms. The van der Waals surface area contributed by atoms with Crippen molar-refractivity contribution in [2.45, 2.75) is 38.5 Å². The zero-order valence-electron chi connectivity index (χ0n) is 11.6. The minimum atomic E-state index is -0.708. The number of imide groups is 1. The molecule has 1 aromatic carbocycles. The number of amides is 2. The molecule has 0 radical (unpaired) electrons. The average Bonchev–Trinajstić information content (AvgIpc) is 2.70. The van der Waals surface area contributed by atoms with Crippen LogP contribution in [-0.4, -0.2) is 11.8 Å². The first kappa shape index (κ1) is 13.7. The summed E-state index contributed by atoms with van der Waals surface area (Å²) in [6.07, 6.45) is 4.51. The lowest BCUT2D eigenvalue weighted by Gasteiger charge is -2.30. The first-order chi connectivity index (χ1) is 10.1. The van der Waals surface area contributed by atoms with Crippen LogP contribution in [0.5, 0.6) is 0 Å². The molecule has 1 aliphatic carbocycles. The van der Waals surface area contributed by atoms with E-state index in [4.69, 9.17) is 5.26 Å². The second-order valence-corrected chi connectivity index (χ2v) is 5.80. The first-order valence-corrected chi connectivity index (χ1v) is 7.15.